The summed E-state index contributed by atoms with van der Waals surface area (Å²) in [6.45, 7) is 5.38. The average Bonchev–Trinajstić information content (AvgIpc) is 2.15. The molecular formula is C13H15BrO. The standard InChI is InChI=1S/C13H15BrO/c1-10(13(2,3)15)4-5-11-6-8-12(14)9-7-11/h5-9,15H,1-3H3. The third-order valence-electron chi connectivity index (χ3n) is 2.24. The number of rotatable bonds is 2. The van der Waals surface area contributed by atoms with E-state index in [1.54, 1.807) is 13.8 Å². The molecule has 1 aromatic rings. The summed E-state index contributed by atoms with van der Waals surface area (Å²) in [5, 5.41) is 9.68. The van der Waals surface area contributed by atoms with E-state index in [0.717, 1.165) is 15.6 Å². The number of halogens is 1. The lowest BCUT2D eigenvalue weighted by Crippen LogP contribution is -2.19. The van der Waals surface area contributed by atoms with Gasteiger partial charge >= 0.3 is 0 Å². The van der Waals surface area contributed by atoms with Crippen molar-refractivity contribution in [1.82, 2.24) is 0 Å². The summed E-state index contributed by atoms with van der Waals surface area (Å²) in [4.78, 5) is 0. The Morgan fingerprint density at radius 3 is 2.33 bits per heavy atom. The maximum absolute atomic E-state index is 9.68. The van der Waals surface area contributed by atoms with E-state index < -0.39 is 5.60 Å². The molecule has 0 unspecified atom stereocenters. The Morgan fingerprint density at radius 2 is 1.87 bits per heavy atom. The Kier molecular flexibility index (Phi) is 3.92. The highest BCUT2D eigenvalue weighted by molar-refractivity contribution is 9.10. The largest absolute Gasteiger partial charge is 0.385 e. The number of aliphatic hydroxyl groups is 1. The van der Waals surface area contributed by atoms with Crippen molar-refractivity contribution in [3.63, 3.8) is 0 Å². The van der Waals surface area contributed by atoms with Crippen LogP contribution in [0.4, 0.5) is 0 Å². The maximum atomic E-state index is 9.68. The van der Waals surface area contributed by atoms with Crippen molar-refractivity contribution in [2.45, 2.75) is 26.4 Å². The third-order valence-corrected chi connectivity index (χ3v) is 2.77. The van der Waals surface area contributed by atoms with Crippen LogP contribution in [0.1, 0.15) is 26.3 Å². The van der Waals surface area contributed by atoms with Crippen LogP contribution in [-0.4, -0.2) is 10.7 Å². The van der Waals surface area contributed by atoms with Gasteiger partial charge in [0.2, 0.25) is 0 Å². The number of hydrogen-bond donors (Lipinski definition) is 1. The van der Waals surface area contributed by atoms with Crippen LogP contribution in [-0.2, 0) is 0 Å². The van der Waals surface area contributed by atoms with Gasteiger partial charge in [-0.2, -0.15) is 0 Å². The highest BCUT2D eigenvalue weighted by Gasteiger charge is 2.13. The van der Waals surface area contributed by atoms with Crippen LogP contribution in [0.15, 0.2) is 40.0 Å². The fraction of sp³-hybridized carbons (Fsp3) is 0.308. The first kappa shape index (κ1) is 12.3. The van der Waals surface area contributed by atoms with Crippen LogP contribution in [0.3, 0.4) is 0 Å². The second-order valence-electron chi connectivity index (χ2n) is 4.02. The van der Waals surface area contributed by atoms with E-state index in [-0.39, 0.29) is 0 Å². The van der Waals surface area contributed by atoms with Gasteiger partial charge in [0.15, 0.2) is 0 Å². The lowest BCUT2D eigenvalue weighted by Gasteiger charge is -2.15. The Balaban J connectivity index is 2.95. The highest BCUT2D eigenvalue weighted by Crippen LogP contribution is 2.14. The van der Waals surface area contributed by atoms with Gasteiger partial charge in [-0.1, -0.05) is 28.1 Å². The van der Waals surface area contributed by atoms with E-state index in [4.69, 9.17) is 0 Å². The van der Waals surface area contributed by atoms with E-state index in [1.807, 2.05) is 37.3 Å². The van der Waals surface area contributed by atoms with Crippen LogP contribution in [0, 0.1) is 0 Å². The zero-order valence-corrected chi connectivity index (χ0v) is 10.8. The first-order valence-electron chi connectivity index (χ1n) is 4.81. The van der Waals surface area contributed by atoms with Crippen LogP contribution >= 0.6 is 15.9 Å². The topological polar surface area (TPSA) is 20.2 Å². The van der Waals surface area contributed by atoms with Gasteiger partial charge in [-0.05, 0) is 50.1 Å². The zero-order valence-electron chi connectivity index (χ0n) is 9.21. The van der Waals surface area contributed by atoms with Crippen molar-refractivity contribution in [2.75, 3.05) is 0 Å². The molecule has 1 rings (SSSR count). The molecular weight excluding hydrogens is 252 g/mol. The van der Waals surface area contributed by atoms with Gasteiger partial charge in [0, 0.05) is 4.47 Å². The smallest absolute Gasteiger partial charge is 0.0871 e. The number of benzene rings is 1. The van der Waals surface area contributed by atoms with E-state index >= 15 is 0 Å². The van der Waals surface area contributed by atoms with Crippen LogP contribution in [0.5, 0.6) is 0 Å². The van der Waals surface area contributed by atoms with Crippen molar-refractivity contribution < 1.29 is 5.11 Å². The quantitative estimate of drug-likeness (QED) is 0.808. The van der Waals surface area contributed by atoms with Crippen LogP contribution in [0.2, 0.25) is 0 Å². The Labute approximate surface area is 99.3 Å². The van der Waals surface area contributed by atoms with Gasteiger partial charge in [-0.25, -0.2) is 0 Å². The van der Waals surface area contributed by atoms with Crippen molar-refractivity contribution in [3.05, 3.63) is 45.6 Å². The monoisotopic (exact) mass is 266 g/mol. The average molecular weight is 267 g/mol. The first-order valence-corrected chi connectivity index (χ1v) is 5.60. The molecule has 0 bridgehead atoms. The molecule has 1 aromatic carbocycles. The molecule has 0 aliphatic heterocycles. The van der Waals surface area contributed by atoms with E-state index in [2.05, 4.69) is 21.7 Å². The second kappa shape index (κ2) is 4.80. The molecule has 0 fully saturated rings. The van der Waals surface area contributed by atoms with Crippen molar-refractivity contribution in [2.24, 2.45) is 0 Å². The molecule has 1 nitrogen and oxygen atoms in total. The highest BCUT2D eigenvalue weighted by atomic mass is 79.9. The fourth-order valence-electron chi connectivity index (χ4n) is 0.927. The van der Waals surface area contributed by atoms with Gasteiger partial charge in [0.05, 0.1) is 5.60 Å². The zero-order chi connectivity index (χ0) is 11.5. The van der Waals surface area contributed by atoms with Gasteiger partial charge in [0.1, 0.15) is 0 Å². The predicted molar refractivity (Wildman–Crippen MR) is 67.6 cm³/mol. The van der Waals surface area contributed by atoms with Gasteiger partial charge in [0.25, 0.3) is 0 Å². The van der Waals surface area contributed by atoms with Crippen molar-refractivity contribution >= 4 is 22.0 Å². The summed E-state index contributed by atoms with van der Waals surface area (Å²) < 4.78 is 1.06. The molecule has 0 radical (unpaired) electrons. The molecule has 0 spiro atoms. The molecule has 0 atom stereocenters. The lowest BCUT2D eigenvalue weighted by atomic mass is 10.0. The molecule has 80 valence electrons. The minimum Gasteiger partial charge on any atom is -0.385 e. The summed E-state index contributed by atoms with van der Waals surface area (Å²) in [5.74, 6) is 0. The molecule has 0 saturated carbocycles. The Bertz CT molecular complexity index is 390. The molecule has 0 aliphatic rings. The van der Waals surface area contributed by atoms with E-state index in [0.29, 0.717) is 0 Å². The van der Waals surface area contributed by atoms with E-state index in [9.17, 15) is 5.11 Å². The Morgan fingerprint density at radius 1 is 1.33 bits per heavy atom. The van der Waals surface area contributed by atoms with Crippen LogP contribution in [0.25, 0.3) is 6.08 Å². The van der Waals surface area contributed by atoms with Gasteiger partial charge in [-0.3, -0.25) is 0 Å². The van der Waals surface area contributed by atoms with Crippen LogP contribution < -0.4 is 0 Å². The predicted octanol–water partition coefficient (Wildman–Crippen LogP) is 3.78. The number of hydrogen-bond acceptors (Lipinski definition) is 1. The molecule has 0 aliphatic carbocycles. The van der Waals surface area contributed by atoms with Crippen molar-refractivity contribution in [3.8, 4) is 0 Å². The molecule has 0 saturated heterocycles. The summed E-state index contributed by atoms with van der Waals surface area (Å²) in [7, 11) is 0. The minimum absolute atomic E-state index is 0.800. The third kappa shape index (κ3) is 4.05. The molecule has 0 heterocycles. The summed E-state index contributed by atoms with van der Waals surface area (Å²) >= 11 is 3.38. The van der Waals surface area contributed by atoms with Crippen molar-refractivity contribution in [1.29, 1.82) is 0 Å². The summed E-state index contributed by atoms with van der Waals surface area (Å²) in [6.07, 6.45) is 1.87. The SMILES string of the molecule is CC(=C=Cc1ccc(Br)cc1)C(C)(C)O. The minimum atomic E-state index is -0.800. The van der Waals surface area contributed by atoms with Gasteiger partial charge < -0.3 is 5.11 Å². The summed E-state index contributed by atoms with van der Waals surface area (Å²) in [5.41, 5.74) is 4.18. The molecule has 15 heavy (non-hydrogen) atoms. The normalized spacial score (nSPS) is 10.7. The summed E-state index contributed by atoms with van der Waals surface area (Å²) in [6, 6.07) is 7.95. The Hall–Kier alpha value is -0.820. The molecule has 0 aromatic heterocycles. The fourth-order valence-corrected chi connectivity index (χ4v) is 1.19. The first-order chi connectivity index (χ1) is 6.89. The molecule has 0 amide bonds. The van der Waals surface area contributed by atoms with Gasteiger partial charge in [-0.15, -0.1) is 5.73 Å². The van der Waals surface area contributed by atoms with E-state index in [1.165, 1.54) is 0 Å². The second-order valence-corrected chi connectivity index (χ2v) is 4.94. The molecule has 2 heteroatoms. The molecule has 1 N–H and O–H groups in total. The lowest BCUT2D eigenvalue weighted by molar-refractivity contribution is 0.120. The maximum Gasteiger partial charge on any atom is 0.0871 e.